The number of benzene rings is 2. The van der Waals surface area contributed by atoms with Crippen LogP contribution in [-0.4, -0.2) is 9.55 Å². The maximum Gasteiger partial charge on any atom is 0.132 e. The normalized spacial score (nSPS) is 12.8. The fourth-order valence-electron chi connectivity index (χ4n) is 2.44. The summed E-state index contributed by atoms with van der Waals surface area (Å²) in [7, 11) is 0. The van der Waals surface area contributed by atoms with Crippen molar-refractivity contribution < 1.29 is 4.39 Å². The van der Waals surface area contributed by atoms with Crippen molar-refractivity contribution in [3.63, 3.8) is 0 Å². The third kappa shape index (κ3) is 2.30. The minimum atomic E-state index is -0.323. The van der Waals surface area contributed by atoms with Gasteiger partial charge in [-0.2, -0.15) is 0 Å². The first-order valence-corrected chi connectivity index (χ1v) is 7.38. The molecule has 3 aromatic rings. The molecular weight excluding hydrogens is 310 g/mol. The van der Waals surface area contributed by atoms with Crippen LogP contribution in [0.15, 0.2) is 36.4 Å². The Balaban J connectivity index is 2.43. The molecule has 0 saturated carbocycles. The van der Waals surface area contributed by atoms with Gasteiger partial charge in [0.1, 0.15) is 17.2 Å². The topological polar surface area (TPSA) is 17.8 Å². The molecule has 0 aliphatic rings. The molecule has 1 unspecified atom stereocenters. The largest absolute Gasteiger partial charge is 0.295 e. The van der Waals surface area contributed by atoms with Crippen molar-refractivity contribution in [3.05, 3.63) is 58.6 Å². The van der Waals surface area contributed by atoms with E-state index in [0.717, 1.165) is 11.2 Å². The van der Waals surface area contributed by atoms with E-state index in [1.165, 1.54) is 6.07 Å². The number of nitrogens with zero attached hydrogens (tertiary/aromatic N) is 2. The van der Waals surface area contributed by atoms with Crippen LogP contribution in [0.2, 0.25) is 5.02 Å². The molecule has 2 aromatic carbocycles. The van der Waals surface area contributed by atoms with Crippen molar-refractivity contribution in [3.8, 4) is 5.69 Å². The summed E-state index contributed by atoms with van der Waals surface area (Å²) in [4.78, 5) is 4.54. The Morgan fingerprint density at radius 3 is 2.62 bits per heavy atom. The van der Waals surface area contributed by atoms with E-state index in [0.29, 0.717) is 21.9 Å². The number of halogens is 3. The van der Waals surface area contributed by atoms with Gasteiger partial charge in [-0.3, -0.25) is 4.57 Å². The third-order valence-electron chi connectivity index (χ3n) is 3.50. The number of hydrogen-bond donors (Lipinski definition) is 0. The molecule has 0 spiro atoms. The van der Waals surface area contributed by atoms with Crippen LogP contribution < -0.4 is 0 Å². The summed E-state index contributed by atoms with van der Waals surface area (Å²) in [5, 5.41) is 0.231. The summed E-state index contributed by atoms with van der Waals surface area (Å²) in [5.74, 6) is 0.387. The van der Waals surface area contributed by atoms with Gasteiger partial charge in [-0.05, 0) is 38.1 Å². The predicted molar refractivity (Wildman–Crippen MR) is 85.0 cm³/mol. The van der Waals surface area contributed by atoms with Gasteiger partial charge in [-0.25, -0.2) is 9.37 Å². The van der Waals surface area contributed by atoms with E-state index < -0.39 is 0 Å². The van der Waals surface area contributed by atoms with Crippen molar-refractivity contribution in [1.29, 1.82) is 0 Å². The van der Waals surface area contributed by atoms with E-state index in [-0.39, 0.29) is 11.2 Å². The zero-order chi connectivity index (χ0) is 15.1. The zero-order valence-electron chi connectivity index (χ0n) is 11.6. The fraction of sp³-hybridized carbons (Fsp3) is 0.188. The first-order chi connectivity index (χ1) is 10.0. The second kappa shape index (κ2) is 5.32. The van der Waals surface area contributed by atoms with Crippen LogP contribution in [0.4, 0.5) is 4.39 Å². The van der Waals surface area contributed by atoms with Gasteiger partial charge in [0.2, 0.25) is 0 Å². The van der Waals surface area contributed by atoms with Crippen LogP contribution in [-0.2, 0) is 0 Å². The first kappa shape index (κ1) is 14.4. The van der Waals surface area contributed by atoms with Crippen molar-refractivity contribution in [1.82, 2.24) is 9.55 Å². The Kier molecular flexibility index (Phi) is 3.64. The summed E-state index contributed by atoms with van der Waals surface area (Å²) in [6.45, 7) is 3.57. The van der Waals surface area contributed by atoms with Crippen molar-refractivity contribution in [2.24, 2.45) is 0 Å². The Hall–Kier alpha value is -1.58. The number of imidazole rings is 1. The molecule has 21 heavy (non-hydrogen) atoms. The number of hydrogen-bond acceptors (Lipinski definition) is 1. The molecule has 0 aliphatic carbocycles. The van der Waals surface area contributed by atoms with E-state index >= 15 is 0 Å². The molecule has 0 radical (unpaired) electrons. The SMILES string of the molecule is Cc1c(F)cccc1-n1c(C(C)Cl)nc2c(Cl)cccc21. The molecular formula is C16H13Cl2FN2. The Morgan fingerprint density at radius 2 is 1.90 bits per heavy atom. The third-order valence-corrected chi connectivity index (χ3v) is 4.00. The summed E-state index contributed by atoms with van der Waals surface area (Å²) >= 11 is 12.5. The second-order valence-corrected chi connectivity index (χ2v) is 5.97. The molecule has 0 saturated heterocycles. The number of alkyl halides is 1. The molecule has 2 nitrogen and oxygen atoms in total. The maximum absolute atomic E-state index is 13.9. The van der Waals surface area contributed by atoms with Gasteiger partial charge in [-0.15, -0.1) is 11.6 Å². The van der Waals surface area contributed by atoms with Gasteiger partial charge in [0.15, 0.2) is 0 Å². The van der Waals surface area contributed by atoms with Gasteiger partial charge in [0.05, 0.1) is 21.6 Å². The lowest BCUT2D eigenvalue weighted by molar-refractivity contribution is 0.616. The lowest BCUT2D eigenvalue weighted by atomic mass is 10.1. The molecule has 0 aliphatic heterocycles. The molecule has 0 bridgehead atoms. The molecule has 1 aromatic heterocycles. The minimum absolute atomic E-state index is 0.260. The highest BCUT2D eigenvalue weighted by Gasteiger charge is 2.19. The maximum atomic E-state index is 13.9. The lowest BCUT2D eigenvalue weighted by Crippen LogP contribution is -2.04. The predicted octanol–water partition coefficient (Wildman–Crippen LogP) is 5.43. The minimum Gasteiger partial charge on any atom is -0.295 e. The van der Waals surface area contributed by atoms with E-state index in [4.69, 9.17) is 23.2 Å². The molecule has 108 valence electrons. The quantitative estimate of drug-likeness (QED) is 0.575. The number of fused-ring (bicyclic) bond motifs is 1. The van der Waals surface area contributed by atoms with Crippen LogP contribution in [0.1, 0.15) is 23.7 Å². The second-order valence-electron chi connectivity index (χ2n) is 4.91. The number of para-hydroxylation sites is 1. The molecule has 0 N–H and O–H groups in total. The van der Waals surface area contributed by atoms with Crippen LogP contribution in [0.25, 0.3) is 16.7 Å². The van der Waals surface area contributed by atoms with E-state index in [9.17, 15) is 4.39 Å². The van der Waals surface area contributed by atoms with E-state index in [1.54, 1.807) is 19.1 Å². The smallest absolute Gasteiger partial charge is 0.132 e. The number of rotatable bonds is 2. The van der Waals surface area contributed by atoms with Gasteiger partial charge in [0, 0.05) is 5.56 Å². The standard InChI is InChI=1S/C16H13Cl2FN2/c1-9-12(19)6-4-7-13(9)21-14-8-3-5-11(18)15(14)20-16(21)10(2)17/h3-8,10H,1-2H3. The lowest BCUT2D eigenvalue weighted by Gasteiger charge is -2.13. The van der Waals surface area contributed by atoms with E-state index in [1.807, 2.05) is 29.7 Å². The molecule has 0 fully saturated rings. The highest BCUT2D eigenvalue weighted by Crippen LogP contribution is 2.32. The van der Waals surface area contributed by atoms with Gasteiger partial charge in [0.25, 0.3) is 0 Å². The molecule has 5 heteroatoms. The first-order valence-electron chi connectivity index (χ1n) is 6.57. The Morgan fingerprint density at radius 1 is 1.19 bits per heavy atom. The highest BCUT2D eigenvalue weighted by molar-refractivity contribution is 6.35. The summed E-state index contributed by atoms with van der Waals surface area (Å²) in [6, 6.07) is 10.5. The average molecular weight is 323 g/mol. The van der Waals surface area contributed by atoms with Crippen molar-refractivity contribution in [2.75, 3.05) is 0 Å². The van der Waals surface area contributed by atoms with Gasteiger partial charge < -0.3 is 0 Å². The number of aromatic nitrogens is 2. The molecule has 1 heterocycles. The summed E-state index contributed by atoms with van der Waals surface area (Å²) in [6.07, 6.45) is 0. The highest BCUT2D eigenvalue weighted by atomic mass is 35.5. The van der Waals surface area contributed by atoms with Gasteiger partial charge >= 0.3 is 0 Å². The Labute approximate surface area is 132 Å². The monoisotopic (exact) mass is 322 g/mol. The average Bonchev–Trinajstić information content (AvgIpc) is 2.83. The molecule has 0 amide bonds. The van der Waals surface area contributed by atoms with Crippen LogP contribution in [0.3, 0.4) is 0 Å². The van der Waals surface area contributed by atoms with Crippen molar-refractivity contribution in [2.45, 2.75) is 19.2 Å². The van der Waals surface area contributed by atoms with Crippen molar-refractivity contribution >= 4 is 34.2 Å². The van der Waals surface area contributed by atoms with E-state index in [2.05, 4.69) is 4.98 Å². The van der Waals surface area contributed by atoms with Crippen LogP contribution in [0.5, 0.6) is 0 Å². The zero-order valence-corrected chi connectivity index (χ0v) is 13.1. The fourth-order valence-corrected chi connectivity index (χ4v) is 2.80. The van der Waals surface area contributed by atoms with Crippen LogP contribution >= 0.6 is 23.2 Å². The summed E-state index contributed by atoms with van der Waals surface area (Å²) < 4.78 is 15.8. The summed E-state index contributed by atoms with van der Waals surface area (Å²) in [5.41, 5.74) is 2.77. The molecule has 3 rings (SSSR count). The van der Waals surface area contributed by atoms with Gasteiger partial charge in [-0.1, -0.05) is 23.7 Å². The Bertz CT molecular complexity index is 825. The molecule has 1 atom stereocenters. The van der Waals surface area contributed by atoms with Crippen LogP contribution in [0, 0.1) is 12.7 Å².